The van der Waals surface area contributed by atoms with Crippen molar-refractivity contribution >= 4 is 11.5 Å². The van der Waals surface area contributed by atoms with Crippen LogP contribution in [0.4, 0.5) is 5.69 Å². The molecule has 0 fully saturated rings. The second kappa shape index (κ2) is 4.79. The summed E-state index contributed by atoms with van der Waals surface area (Å²) in [7, 11) is 5.34. The van der Waals surface area contributed by atoms with Crippen molar-refractivity contribution in [1.82, 2.24) is 0 Å². The Morgan fingerprint density at radius 1 is 1.47 bits per heavy atom. The monoisotopic (exact) mass is 208 g/mol. The van der Waals surface area contributed by atoms with Crippen LogP contribution in [0.15, 0.2) is 18.2 Å². The molecule has 82 valence electrons. The summed E-state index contributed by atoms with van der Waals surface area (Å²) in [6.07, 6.45) is 0. The molecule has 0 spiro atoms. The number of Topliss-reactive ketones (excluding diaryl/α,β-unsaturated/α-hetero) is 1. The number of carbonyl (C=O) groups is 1. The molecule has 1 aromatic rings. The number of nitrogens with zero attached hydrogens (tertiary/aromatic N) is 1. The van der Waals surface area contributed by atoms with Gasteiger partial charge in [-0.05, 0) is 18.2 Å². The maximum absolute atomic E-state index is 11.6. The van der Waals surface area contributed by atoms with E-state index < -0.39 is 0 Å². The molecule has 1 rings (SSSR count). The normalized spacial score (nSPS) is 9.87. The average molecular weight is 208 g/mol. The first-order chi connectivity index (χ1) is 7.10. The minimum Gasteiger partial charge on any atom is -0.497 e. The molecule has 2 N–H and O–H groups in total. The molecule has 4 nitrogen and oxygen atoms in total. The van der Waals surface area contributed by atoms with Crippen LogP contribution in [0, 0.1) is 0 Å². The number of benzene rings is 1. The van der Waals surface area contributed by atoms with E-state index in [9.17, 15) is 4.79 Å². The van der Waals surface area contributed by atoms with E-state index in [4.69, 9.17) is 10.5 Å². The van der Waals surface area contributed by atoms with Crippen molar-refractivity contribution in [3.05, 3.63) is 23.8 Å². The van der Waals surface area contributed by atoms with Gasteiger partial charge in [-0.2, -0.15) is 0 Å². The van der Waals surface area contributed by atoms with E-state index in [1.54, 1.807) is 13.2 Å². The Labute approximate surface area is 89.6 Å². The Hall–Kier alpha value is -1.55. The lowest BCUT2D eigenvalue weighted by Crippen LogP contribution is -2.19. The van der Waals surface area contributed by atoms with Crippen LogP contribution in [0.5, 0.6) is 5.75 Å². The highest BCUT2D eigenvalue weighted by atomic mass is 16.5. The van der Waals surface area contributed by atoms with Crippen LogP contribution in [0.1, 0.15) is 10.4 Å². The highest BCUT2D eigenvalue weighted by Gasteiger charge is 2.12. The van der Waals surface area contributed by atoms with Crippen molar-refractivity contribution in [2.75, 3.05) is 32.6 Å². The van der Waals surface area contributed by atoms with Crippen molar-refractivity contribution in [1.29, 1.82) is 0 Å². The van der Waals surface area contributed by atoms with Gasteiger partial charge in [0.15, 0.2) is 5.78 Å². The van der Waals surface area contributed by atoms with Crippen LogP contribution in [-0.4, -0.2) is 33.5 Å². The first-order valence-corrected chi connectivity index (χ1v) is 4.68. The number of carbonyl (C=O) groups excluding carboxylic acids is 1. The van der Waals surface area contributed by atoms with Crippen molar-refractivity contribution in [2.45, 2.75) is 0 Å². The molecule has 0 aliphatic rings. The van der Waals surface area contributed by atoms with E-state index in [1.165, 1.54) is 0 Å². The number of hydrogen-bond acceptors (Lipinski definition) is 4. The summed E-state index contributed by atoms with van der Waals surface area (Å²) in [6.45, 7) is 0.00794. The van der Waals surface area contributed by atoms with Gasteiger partial charge in [-0.15, -0.1) is 0 Å². The maximum atomic E-state index is 11.6. The summed E-state index contributed by atoms with van der Waals surface area (Å²) in [5, 5.41) is 0. The van der Waals surface area contributed by atoms with Crippen LogP contribution in [0.2, 0.25) is 0 Å². The van der Waals surface area contributed by atoms with Gasteiger partial charge in [-0.3, -0.25) is 4.79 Å². The van der Waals surface area contributed by atoms with Crippen LogP contribution in [0.25, 0.3) is 0 Å². The Balaban J connectivity index is 3.22. The third-order valence-corrected chi connectivity index (χ3v) is 2.17. The standard InChI is InChI=1S/C11H16N2O2/c1-13(2)10-5-4-8(15-3)6-9(10)11(14)7-12/h4-6H,7,12H2,1-3H3. The number of methoxy groups -OCH3 is 1. The molecule has 0 aliphatic heterocycles. The molecule has 4 heteroatoms. The number of rotatable bonds is 4. The lowest BCUT2D eigenvalue weighted by molar-refractivity contribution is 0.100. The highest BCUT2D eigenvalue weighted by Crippen LogP contribution is 2.24. The van der Waals surface area contributed by atoms with Crippen molar-refractivity contribution in [3.8, 4) is 5.75 Å². The molecule has 15 heavy (non-hydrogen) atoms. The van der Waals surface area contributed by atoms with Gasteiger partial charge < -0.3 is 15.4 Å². The summed E-state index contributed by atoms with van der Waals surface area (Å²) >= 11 is 0. The fourth-order valence-electron chi connectivity index (χ4n) is 1.37. The molecule has 0 radical (unpaired) electrons. The largest absolute Gasteiger partial charge is 0.497 e. The summed E-state index contributed by atoms with van der Waals surface area (Å²) < 4.78 is 5.07. The molecule has 0 saturated carbocycles. The summed E-state index contributed by atoms with van der Waals surface area (Å²) in [6, 6.07) is 5.38. The first kappa shape index (κ1) is 11.5. The van der Waals surface area contributed by atoms with Gasteiger partial charge in [-0.1, -0.05) is 0 Å². The fourth-order valence-corrected chi connectivity index (χ4v) is 1.37. The van der Waals surface area contributed by atoms with Crippen LogP contribution in [0.3, 0.4) is 0 Å². The Kier molecular flexibility index (Phi) is 3.68. The zero-order chi connectivity index (χ0) is 11.4. The summed E-state index contributed by atoms with van der Waals surface area (Å²) in [5.74, 6) is 0.579. The minimum absolute atomic E-state index is 0.00794. The fraction of sp³-hybridized carbons (Fsp3) is 0.364. The first-order valence-electron chi connectivity index (χ1n) is 4.68. The zero-order valence-electron chi connectivity index (χ0n) is 9.28. The van der Waals surface area contributed by atoms with E-state index in [1.807, 2.05) is 31.1 Å². The summed E-state index contributed by atoms with van der Waals surface area (Å²) in [4.78, 5) is 13.5. The Morgan fingerprint density at radius 3 is 2.60 bits per heavy atom. The van der Waals surface area contributed by atoms with Crippen LogP contribution in [-0.2, 0) is 0 Å². The molecule has 0 aliphatic carbocycles. The highest BCUT2D eigenvalue weighted by molar-refractivity contribution is 6.02. The lowest BCUT2D eigenvalue weighted by Gasteiger charge is -2.17. The molecule has 0 unspecified atom stereocenters. The van der Waals surface area contributed by atoms with Gasteiger partial charge in [0, 0.05) is 25.3 Å². The van der Waals surface area contributed by atoms with Gasteiger partial charge >= 0.3 is 0 Å². The van der Waals surface area contributed by atoms with Crippen molar-refractivity contribution < 1.29 is 9.53 Å². The molecule has 0 amide bonds. The number of ether oxygens (including phenoxy) is 1. The number of ketones is 1. The lowest BCUT2D eigenvalue weighted by atomic mass is 10.1. The molecule has 0 saturated heterocycles. The van der Waals surface area contributed by atoms with Gasteiger partial charge in [0.05, 0.1) is 13.7 Å². The minimum atomic E-state index is -0.0856. The molecular formula is C11H16N2O2. The molecule has 0 bridgehead atoms. The van der Waals surface area contributed by atoms with E-state index in [0.717, 1.165) is 5.69 Å². The molecule has 0 aromatic heterocycles. The second-order valence-corrected chi connectivity index (χ2v) is 3.40. The Morgan fingerprint density at radius 2 is 2.13 bits per heavy atom. The zero-order valence-corrected chi connectivity index (χ0v) is 9.28. The second-order valence-electron chi connectivity index (χ2n) is 3.40. The van der Waals surface area contributed by atoms with E-state index in [0.29, 0.717) is 11.3 Å². The number of nitrogens with two attached hydrogens (primary N) is 1. The van der Waals surface area contributed by atoms with E-state index in [-0.39, 0.29) is 12.3 Å². The Bertz CT molecular complexity index is 362. The van der Waals surface area contributed by atoms with Crippen LogP contribution >= 0.6 is 0 Å². The number of anilines is 1. The molecular weight excluding hydrogens is 192 g/mol. The molecule has 0 atom stereocenters. The van der Waals surface area contributed by atoms with Gasteiger partial charge in [0.25, 0.3) is 0 Å². The predicted octanol–water partition coefficient (Wildman–Crippen LogP) is 0.903. The average Bonchev–Trinajstić information content (AvgIpc) is 2.26. The van der Waals surface area contributed by atoms with Gasteiger partial charge in [-0.25, -0.2) is 0 Å². The van der Waals surface area contributed by atoms with Crippen molar-refractivity contribution in [3.63, 3.8) is 0 Å². The maximum Gasteiger partial charge on any atom is 0.178 e. The quantitative estimate of drug-likeness (QED) is 0.747. The van der Waals surface area contributed by atoms with Gasteiger partial charge in [0.1, 0.15) is 5.75 Å². The third kappa shape index (κ3) is 2.47. The predicted molar refractivity (Wildman–Crippen MR) is 60.7 cm³/mol. The topological polar surface area (TPSA) is 55.6 Å². The molecule has 0 heterocycles. The smallest absolute Gasteiger partial charge is 0.178 e. The van der Waals surface area contributed by atoms with Gasteiger partial charge in [0.2, 0.25) is 0 Å². The van der Waals surface area contributed by atoms with E-state index in [2.05, 4.69) is 0 Å². The third-order valence-electron chi connectivity index (χ3n) is 2.17. The number of hydrogen-bond donors (Lipinski definition) is 1. The SMILES string of the molecule is COc1ccc(N(C)C)c(C(=O)CN)c1. The van der Waals surface area contributed by atoms with E-state index >= 15 is 0 Å². The van der Waals surface area contributed by atoms with Crippen molar-refractivity contribution in [2.24, 2.45) is 5.73 Å². The summed E-state index contributed by atoms with van der Waals surface area (Å²) in [5.41, 5.74) is 6.81. The molecule has 1 aromatic carbocycles. The van der Waals surface area contributed by atoms with Crippen LogP contribution < -0.4 is 15.4 Å².